The number of carbonyl (C=O) groups excluding carboxylic acids is 2. The number of nitrogens with zero attached hydrogens (tertiary/aromatic N) is 2. The Bertz CT molecular complexity index is 613. The zero-order chi connectivity index (χ0) is 15.4. The van der Waals surface area contributed by atoms with Gasteiger partial charge >= 0.3 is 0 Å². The first-order valence-electron chi connectivity index (χ1n) is 7.26. The van der Waals surface area contributed by atoms with Gasteiger partial charge < -0.3 is 10.6 Å². The van der Waals surface area contributed by atoms with Crippen LogP contribution in [0.3, 0.4) is 0 Å². The van der Waals surface area contributed by atoms with Gasteiger partial charge in [0, 0.05) is 18.8 Å². The van der Waals surface area contributed by atoms with Crippen molar-refractivity contribution < 1.29 is 9.59 Å². The maximum Gasteiger partial charge on any atom is 0.290 e. The predicted molar refractivity (Wildman–Crippen MR) is 85.3 cm³/mol. The third kappa shape index (κ3) is 3.83. The van der Waals surface area contributed by atoms with Gasteiger partial charge in [-0.15, -0.1) is 0 Å². The lowest BCUT2D eigenvalue weighted by Gasteiger charge is -2.23. The first-order valence-corrected chi connectivity index (χ1v) is 8.07. The fraction of sp³-hybridized carbons (Fsp3) is 0.429. The lowest BCUT2D eigenvalue weighted by atomic mass is 10.1. The van der Waals surface area contributed by atoms with Gasteiger partial charge in [0.15, 0.2) is 0 Å². The van der Waals surface area contributed by atoms with Crippen LogP contribution in [0, 0.1) is 0 Å². The van der Waals surface area contributed by atoms with Gasteiger partial charge in [0.05, 0.1) is 10.6 Å². The van der Waals surface area contributed by atoms with Gasteiger partial charge in [0.1, 0.15) is 0 Å². The molecule has 0 saturated carbocycles. The number of rotatable bonds is 4. The highest BCUT2D eigenvalue weighted by Gasteiger charge is 2.25. The number of piperidine rings is 1. The molecule has 0 aromatic carbocycles. The van der Waals surface area contributed by atoms with Gasteiger partial charge in [-0.25, -0.2) is 9.97 Å². The average molecular weight is 319 g/mol. The normalized spacial score (nSPS) is 23.6. The van der Waals surface area contributed by atoms with Crippen LogP contribution in [0.2, 0.25) is 0 Å². The third-order valence-electron chi connectivity index (χ3n) is 3.52. The monoisotopic (exact) mass is 319 g/mol. The molecule has 1 atom stereocenters. The van der Waals surface area contributed by atoms with Crippen molar-refractivity contribution in [2.75, 3.05) is 18.4 Å². The molecule has 7 nitrogen and oxygen atoms in total. The molecule has 8 heteroatoms. The van der Waals surface area contributed by atoms with Gasteiger partial charge in [-0.05, 0) is 43.3 Å². The third-order valence-corrected chi connectivity index (χ3v) is 4.33. The molecule has 116 valence electrons. The van der Waals surface area contributed by atoms with Crippen LogP contribution in [0.5, 0.6) is 0 Å². The zero-order valence-electron chi connectivity index (χ0n) is 12.0. The van der Waals surface area contributed by atoms with Gasteiger partial charge in [-0.3, -0.25) is 14.9 Å². The minimum Gasteiger partial charge on any atom is -0.353 e. The minimum absolute atomic E-state index is 0.351. The van der Waals surface area contributed by atoms with Crippen LogP contribution in [0.25, 0.3) is 6.08 Å². The number of hydrogen-bond donors (Lipinski definition) is 3. The van der Waals surface area contributed by atoms with Crippen molar-refractivity contribution in [3.63, 3.8) is 0 Å². The molecule has 3 N–H and O–H groups in total. The topological polar surface area (TPSA) is 96.0 Å². The number of carbonyl (C=O) groups is 2. The minimum atomic E-state index is -0.380. The van der Waals surface area contributed by atoms with E-state index in [1.54, 1.807) is 18.3 Å². The Kier molecular flexibility index (Phi) is 4.69. The molecule has 1 aromatic rings. The molecular weight excluding hydrogens is 302 g/mol. The lowest BCUT2D eigenvalue weighted by molar-refractivity contribution is -0.115. The summed E-state index contributed by atoms with van der Waals surface area (Å²) in [5.74, 6) is 0.144. The summed E-state index contributed by atoms with van der Waals surface area (Å²) in [5, 5.41) is 8.53. The summed E-state index contributed by atoms with van der Waals surface area (Å²) < 4.78 is 0. The van der Waals surface area contributed by atoms with Crippen molar-refractivity contribution >= 4 is 34.9 Å². The van der Waals surface area contributed by atoms with Crippen LogP contribution in [0.15, 0.2) is 17.2 Å². The number of aromatic nitrogens is 2. The quantitative estimate of drug-likeness (QED) is 0.721. The van der Waals surface area contributed by atoms with Crippen molar-refractivity contribution in [1.82, 2.24) is 20.6 Å². The fourth-order valence-corrected chi connectivity index (χ4v) is 3.07. The highest BCUT2D eigenvalue weighted by Crippen LogP contribution is 2.25. The molecule has 2 aliphatic heterocycles. The molecule has 1 aromatic heterocycles. The second-order valence-electron chi connectivity index (χ2n) is 5.19. The standard InChI is InChI=1S/C14H17N5O2S/c20-12-11(22-14(21)19-12)7-9-4-6-16-13(18-9)17-8-10-3-1-2-5-15-10/h4,6-7,10,15H,1-3,5,8H2,(H,16,17,18)(H,19,20,21)/b11-7+. The number of hydrogen-bond acceptors (Lipinski definition) is 7. The van der Waals surface area contributed by atoms with Crippen LogP contribution in [-0.4, -0.2) is 40.2 Å². The Morgan fingerprint density at radius 2 is 2.32 bits per heavy atom. The first-order chi connectivity index (χ1) is 10.7. The van der Waals surface area contributed by atoms with Gasteiger partial charge in [0.2, 0.25) is 5.95 Å². The predicted octanol–water partition coefficient (Wildman–Crippen LogP) is 1.35. The van der Waals surface area contributed by atoms with Crippen molar-refractivity contribution in [1.29, 1.82) is 0 Å². The highest BCUT2D eigenvalue weighted by molar-refractivity contribution is 8.18. The van der Waals surface area contributed by atoms with E-state index in [2.05, 4.69) is 25.9 Å². The Hall–Kier alpha value is -1.93. The molecule has 0 aliphatic carbocycles. The molecule has 2 saturated heterocycles. The molecule has 3 heterocycles. The second-order valence-corrected chi connectivity index (χ2v) is 6.20. The number of imide groups is 1. The number of amides is 2. The van der Waals surface area contributed by atoms with E-state index in [9.17, 15) is 9.59 Å². The summed E-state index contributed by atoms with van der Waals surface area (Å²) in [6, 6.07) is 2.14. The van der Waals surface area contributed by atoms with Crippen molar-refractivity contribution in [2.24, 2.45) is 0 Å². The number of thioether (sulfide) groups is 1. The number of nitrogens with one attached hydrogen (secondary N) is 3. The van der Waals surface area contributed by atoms with E-state index in [0.717, 1.165) is 31.3 Å². The van der Waals surface area contributed by atoms with E-state index >= 15 is 0 Å². The molecule has 0 radical (unpaired) electrons. The maximum absolute atomic E-state index is 11.5. The molecule has 1 unspecified atom stereocenters. The lowest BCUT2D eigenvalue weighted by Crippen LogP contribution is -2.39. The van der Waals surface area contributed by atoms with Crippen LogP contribution in [0.1, 0.15) is 25.0 Å². The summed E-state index contributed by atoms with van der Waals surface area (Å²) in [4.78, 5) is 31.5. The Balaban J connectivity index is 1.63. The molecular formula is C14H17N5O2S. The van der Waals surface area contributed by atoms with Crippen molar-refractivity contribution in [2.45, 2.75) is 25.3 Å². The zero-order valence-corrected chi connectivity index (χ0v) is 12.8. The summed E-state index contributed by atoms with van der Waals surface area (Å²) in [6.07, 6.45) is 6.85. The van der Waals surface area contributed by atoms with Crippen LogP contribution < -0.4 is 16.0 Å². The Morgan fingerprint density at radius 1 is 1.41 bits per heavy atom. The van der Waals surface area contributed by atoms with E-state index in [1.807, 2.05) is 0 Å². The molecule has 0 spiro atoms. The van der Waals surface area contributed by atoms with E-state index in [4.69, 9.17) is 0 Å². The van der Waals surface area contributed by atoms with Crippen LogP contribution in [-0.2, 0) is 4.79 Å². The second kappa shape index (κ2) is 6.89. The molecule has 0 bridgehead atoms. The van der Waals surface area contributed by atoms with E-state index < -0.39 is 0 Å². The SMILES string of the molecule is O=C1NC(=O)/C(=C\c2ccnc(NCC3CCCCN3)n2)S1. The first kappa shape index (κ1) is 15.0. The van der Waals surface area contributed by atoms with Gasteiger partial charge in [0.25, 0.3) is 11.1 Å². The van der Waals surface area contributed by atoms with Crippen molar-refractivity contribution in [3.05, 3.63) is 22.9 Å². The largest absolute Gasteiger partial charge is 0.353 e. The summed E-state index contributed by atoms with van der Waals surface area (Å²) in [6.45, 7) is 1.83. The summed E-state index contributed by atoms with van der Waals surface area (Å²) >= 11 is 0.881. The highest BCUT2D eigenvalue weighted by atomic mass is 32.2. The smallest absolute Gasteiger partial charge is 0.290 e. The molecule has 2 aliphatic rings. The molecule has 2 fully saturated rings. The van der Waals surface area contributed by atoms with Crippen LogP contribution >= 0.6 is 11.8 Å². The maximum atomic E-state index is 11.5. The molecule has 2 amide bonds. The fourth-order valence-electron chi connectivity index (χ4n) is 2.41. The van der Waals surface area contributed by atoms with Crippen LogP contribution in [0.4, 0.5) is 10.7 Å². The van der Waals surface area contributed by atoms with Gasteiger partial charge in [-0.1, -0.05) is 6.42 Å². The van der Waals surface area contributed by atoms with E-state index in [-0.39, 0.29) is 11.1 Å². The Labute approximate surface area is 132 Å². The van der Waals surface area contributed by atoms with E-state index in [0.29, 0.717) is 22.6 Å². The molecule has 3 rings (SSSR count). The average Bonchev–Trinajstić information content (AvgIpc) is 2.84. The van der Waals surface area contributed by atoms with Gasteiger partial charge in [-0.2, -0.15) is 0 Å². The molecule has 22 heavy (non-hydrogen) atoms. The summed E-state index contributed by atoms with van der Waals surface area (Å²) in [5.41, 5.74) is 0.599. The number of anilines is 1. The van der Waals surface area contributed by atoms with Crippen molar-refractivity contribution in [3.8, 4) is 0 Å². The Morgan fingerprint density at radius 3 is 3.05 bits per heavy atom. The summed E-state index contributed by atoms with van der Waals surface area (Å²) in [7, 11) is 0. The van der Waals surface area contributed by atoms with E-state index in [1.165, 1.54) is 12.8 Å².